The SMILES string of the molecule is CCCCCCCCCC/C=C/CCCCCC(=O)OC[C@H](COP(=O)(O)OC[C@H](N)C(=O)O)OC(=O)CCCCCCCCCCCCC. The van der Waals surface area contributed by atoms with Gasteiger partial charge in [-0.2, -0.15) is 0 Å². The maximum atomic E-state index is 12.5. The van der Waals surface area contributed by atoms with Gasteiger partial charge in [0.25, 0.3) is 0 Å². The Labute approximate surface area is 303 Å². The first-order valence-corrected chi connectivity index (χ1v) is 21.2. The van der Waals surface area contributed by atoms with Crippen molar-refractivity contribution in [2.45, 2.75) is 193 Å². The number of rotatable bonds is 37. The largest absolute Gasteiger partial charge is 0.480 e. The molecule has 0 saturated carbocycles. The van der Waals surface area contributed by atoms with E-state index in [1.54, 1.807) is 0 Å². The quantitative estimate of drug-likeness (QED) is 0.0240. The minimum Gasteiger partial charge on any atom is -0.480 e. The molecule has 0 heterocycles. The average Bonchev–Trinajstić information content (AvgIpc) is 3.09. The number of phosphoric acid groups is 1. The zero-order chi connectivity index (χ0) is 37.1. The molecular formula is C38H72NO10P. The second-order valence-corrected chi connectivity index (χ2v) is 14.9. The molecule has 0 fully saturated rings. The van der Waals surface area contributed by atoms with Gasteiger partial charge >= 0.3 is 25.7 Å². The van der Waals surface area contributed by atoms with E-state index in [1.807, 2.05) is 0 Å². The second-order valence-electron chi connectivity index (χ2n) is 13.4. The van der Waals surface area contributed by atoms with Crippen molar-refractivity contribution in [1.29, 1.82) is 0 Å². The first-order chi connectivity index (χ1) is 24.1. The van der Waals surface area contributed by atoms with Crippen molar-refractivity contribution in [1.82, 2.24) is 0 Å². The minimum atomic E-state index is -4.71. The summed E-state index contributed by atoms with van der Waals surface area (Å²) in [7, 11) is -4.71. The molecule has 294 valence electrons. The lowest BCUT2D eigenvalue weighted by molar-refractivity contribution is -0.161. The fraction of sp³-hybridized carbons (Fsp3) is 0.868. The van der Waals surface area contributed by atoms with Crippen LogP contribution in [0.4, 0.5) is 0 Å². The molecule has 3 atom stereocenters. The Bertz CT molecular complexity index is 916. The molecule has 0 aliphatic heterocycles. The number of phosphoric ester groups is 1. The van der Waals surface area contributed by atoms with Gasteiger partial charge in [-0.15, -0.1) is 0 Å². The number of allylic oxidation sites excluding steroid dienone is 2. The molecule has 0 aliphatic rings. The van der Waals surface area contributed by atoms with Crippen LogP contribution in [0.25, 0.3) is 0 Å². The van der Waals surface area contributed by atoms with E-state index in [4.69, 9.17) is 24.8 Å². The highest BCUT2D eigenvalue weighted by Gasteiger charge is 2.28. The van der Waals surface area contributed by atoms with Gasteiger partial charge in [-0.25, -0.2) is 4.57 Å². The van der Waals surface area contributed by atoms with Gasteiger partial charge in [-0.1, -0.05) is 142 Å². The van der Waals surface area contributed by atoms with Crippen LogP contribution in [0.2, 0.25) is 0 Å². The second kappa shape index (κ2) is 34.3. The van der Waals surface area contributed by atoms with Crippen LogP contribution in [-0.4, -0.2) is 59.9 Å². The van der Waals surface area contributed by atoms with Crippen LogP contribution in [0.15, 0.2) is 12.2 Å². The highest BCUT2D eigenvalue weighted by atomic mass is 31.2. The molecule has 0 saturated heterocycles. The number of nitrogens with two attached hydrogens (primary N) is 1. The predicted octanol–water partition coefficient (Wildman–Crippen LogP) is 9.73. The zero-order valence-electron chi connectivity index (χ0n) is 31.5. The highest BCUT2D eigenvalue weighted by Crippen LogP contribution is 2.43. The van der Waals surface area contributed by atoms with E-state index < -0.39 is 51.1 Å². The number of carboxylic acids is 1. The van der Waals surface area contributed by atoms with E-state index in [2.05, 4.69) is 30.5 Å². The van der Waals surface area contributed by atoms with Gasteiger partial charge in [0, 0.05) is 12.8 Å². The number of carboxylic acid groups (broad SMARTS) is 1. The summed E-state index contributed by atoms with van der Waals surface area (Å²) in [5, 5.41) is 8.85. The van der Waals surface area contributed by atoms with Gasteiger partial charge in [0.1, 0.15) is 12.6 Å². The molecule has 0 aromatic heterocycles. The average molecular weight is 734 g/mol. The Morgan fingerprint density at radius 1 is 0.600 bits per heavy atom. The molecule has 0 aromatic carbocycles. The standard InChI is InChI=1S/C38H72NO10P/c1-3-5-7-9-11-13-15-16-17-18-20-21-23-25-27-29-36(40)46-31-34(32-47-50(44,45)48-33-35(39)38(42)43)49-37(41)30-28-26-24-22-19-14-12-10-8-6-4-2/h18,20,34-35H,3-17,19,21-33,39H2,1-2H3,(H,42,43)(H,44,45)/b20-18+/t34-,35+/m1/s1. The third-order valence-corrected chi connectivity index (χ3v) is 9.46. The van der Waals surface area contributed by atoms with E-state index in [0.717, 1.165) is 44.9 Å². The summed E-state index contributed by atoms with van der Waals surface area (Å²) in [6.07, 6.45) is 31.4. The summed E-state index contributed by atoms with van der Waals surface area (Å²) in [4.78, 5) is 45.7. The summed E-state index contributed by atoms with van der Waals surface area (Å²) in [5.41, 5.74) is 5.31. The predicted molar refractivity (Wildman–Crippen MR) is 199 cm³/mol. The topological polar surface area (TPSA) is 172 Å². The van der Waals surface area contributed by atoms with Gasteiger partial charge in [0.2, 0.25) is 0 Å². The molecule has 0 spiro atoms. The normalized spacial score (nSPS) is 14.0. The maximum Gasteiger partial charge on any atom is 0.472 e. The van der Waals surface area contributed by atoms with Crippen LogP contribution < -0.4 is 5.73 Å². The molecule has 0 amide bonds. The molecule has 0 radical (unpaired) electrons. The van der Waals surface area contributed by atoms with E-state index in [-0.39, 0.29) is 19.4 Å². The van der Waals surface area contributed by atoms with Crippen LogP contribution in [-0.2, 0) is 37.5 Å². The molecule has 50 heavy (non-hydrogen) atoms. The molecule has 12 heteroatoms. The zero-order valence-corrected chi connectivity index (χ0v) is 32.4. The van der Waals surface area contributed by atoms with Gasteiger partial charge in [-0.05, 0) is 38.5 Å². The Morgan fingerprint density at radius 3 is 1.48 bits per heavy atom. The van der Waals surface area contributed by atoms with Gasteiger partial charge in [0.05, 0.1) is 13.2 Å². The van der Waals surface area contributed by atoms with Crippen molar-refractivity contribution in [2.75, 3.05) is 19.8 Å². The van der Waals surface area contributed by atoms with E-state index in [9.17, 15) is 23.8 Å². The number of carbonyl (C=O) groups is 3. The first kappa shape index (κ1) is 48.2. The number of hydrogen-bond acceptors (Lipinski definition) is 9. The number of ether oxygens (including phenoxy) is 2. The number of aliphatic carboxylic acids is 1. The number of hydrogen-bond donors (Lipinski definition) is 3. The summed E-state index contributed by atoms with van der Waals surface area (Å²) < 4.78 is 32.5. The lowest BCUT2D eigenvalue weighted by Gasteiger charge is -2.20. The minimum absolute atomic E-state index is 0.162. The van der Waals surface area contributed by atoms with Crippen molar-refractivity contribution in [3.8, 4) is 0 Å². The Morgan fingerprint density at radius 2 is 1.00 bits per heavy atom. The number of carbonyl (C=O) groups excluding carboxylic acids is 2. The van der Waals surface area contributed by atoms with Gasteiger partial charge < -0.3 is 25.2 Å². The van der Waals surface area contributed by atoms with Gasteiger partial charge in [0.15, 0.2) is 6.10 Å². The van der Waals surface area contributed by atoms with E-state index in [1.165, 1.54) is 96.3 Å². The van der Waals surface area contributed by atoms with E-state index in [0.29, 0.717) is 12.8 Å². The maximum absolute atomic E-state index is 12.5. The highest BCUT2D eigenvalue weighted by molar-refractivity contribution is 7.47. The third-order valence-electron chi connectivity index (χ3n) is 8.51. The fourth-order valence-electron chi connectivity index (χ4n) is 5.35. The monoisotopic (exact) mass is 733 g/mol. The molecule has 0 aromatic rings. The van der Waals surface area contributed by atoms with Crippen LogP contribution in [0.3, 0.4) is 0 Å². The smallest absolute Gasteiger partial charge is 0.472 e. The van der Waals surface area contributed by atoms with Crippen LogP contribution >= 0.6 is 7.82 Å². The number of esters is 2. The molecule has 0 aliphatic carbocycles. The van der Waals surface area contributed by atoms with E-state index >= 15 is 0 Å². The molecule has 0 bridgehead atoms. The molecule has 0 rings (SSSR count). The lowest BCUT2D eigenvalue weighted by atomic mass is 10.1. The summed E-state index contributed by atoms with van der Waals surface area (Å²) in [6.45, 7) is 2.77. The Balaban J connectivity index is 4.41. The van der Waals surface area contributed by atoms with Crippen molar-refractivity contribution >= 4 is 25.7 Å². The van der Waals surface area contributed by atoms with Crippen LogP contribution in [0.1, 0.15) is 181 Å². The van der Waals surface area contributed by atoms with Gasteiger partial charge in [-0.3, -0.25) is 23.4 Å². The molecule has 1 unspecified atom stereocenters. The van der Waals surface area contributed by atoms with Crippen LogP contribution in [0, 0.1) is 0 Å². The molecule has 11 nitrogen and oxygen atoms in total. The third kappa shape index (κ3) is 33.4. The fourth-order valence-corrected chi connectivity index (χ4v) is 6.13. The molecular weight excluding hydrogens is 661 g/mol. The number of unbranched alkanes of at least 4 members (excludes halogenated alkanes) is 21. The Hall–Kier alpha value is -1.78. The summed E-state index contributed by atoms with van der Waals surface area (Å²) in [6, 6.07) is -1.52. The van der Waals surface area contributed by atoms with Crippen molar-refractivity contribution in [2.24, 2.45) is 5.73 Å². The van der Waals surface area contributed by atoms with Crippen molar-refractivity contribution in [3.63, 3.8) is 0 Å². The summed E-state index contributed by atoms with van der Waals surface area (Å²) >= 11 is 0. The van der Waals surface area contributed by atoms with Crippen molar-refractivity contribution < 1.29 is 47.5 Å². The Kier molecular flexibility index (Phi) is 33.1. The first-order valence-electron chi connectivity index (χ1n) is 19.7. The molecule has 4 N–H and O–H groups in total. The van der Waals surface area contributed by atoms with Crippen molar-refractivity contribution in [3.05, 3.63) is 12.2 Å². The lowest BCUT2D eigenvalue weighted by Crippen LogP contribution is -2.34. The van der Waals surface area contributed by atoms with Crippen LogP contribution in [0.5, 0.6) is 0 Å². The summed E-state index contributed by atoms with van der Waals surface area (Å²) in [5.74, 6) is -2.39.